The van der Waals surface area contributed by atoms with Crippen LogP contribution in [0.1, 0.15) is 17.2 Å². The van der Waals surface area contributed by atoms with E-state index in [1.165, 1.54) is 17.4 Å². The van der Waals surface area contributed by atoms with Crippen LogP contribution in [0.5, 0.6) is 0 Å². The molecule has 1 aromatic heterocycles. The molecule has 2 aromatic rings. The molecule has 0 bridgehead atoms. The quantitative estimate of drug-likeness (QED) is 0.696. The van der Waals surface area contributed by atoms with Gasteiger partial charge in [0.1, 0.15) is 5.82 Å². The number of rotatable bonds is 3. The van der Waals surface area contributed by atoms with Crippen molar-refractivity contribution in [2.45, 2.75) is 6.04 Å². The first-order valence-corrected chi connectivity index (χ1v) is 5.75. The lowest BCUT2D eigenvalue weighted by Crippen LogP contribution is -2.13. The molecule has 0 aliphatic rings. The van der Waals surface area contributed by atoms with E-state index in [2.05, 4.69) is 0 Å². The fourth-order valence-electron chi connectivity index (χ4n) is 1.51. The molecule has 0 fully saturated rings. The summed E-state index contributed by atoms with van der Waals surface area (Å²) in [5.74, 6) is -0.533. The highest BCUT2D eigenvalue weighted by Gasteiger charge is 2.17. The van der Waals surface area contributed by atoms with Gasteiger partial charge in [-0.25, -0.2) is 4.39 Å². The van der Waals surface area contributed by atoms with Crippen molar-refractivity contribution in [1.82, 2.24) is 0 Å². The maximum Gasteiger partial charge on any atom is 0.269 e. The second-order valence-electron chi connectivity index (χ2n) is 3.50. The number of nitro groups is 1. The first-order chi connectivity index (χ1) is 8.09. The van der Waals surface area contributed by atoms with E-state index in [1.807, 2.05) is 5.38 Å². The van der Waals surface area contributed by atoms with Crippen molar-refractivity contribution in [2.24, 2.45) is 5.73 Å². The van der Waals surface area contributed by atoms with Crippen molar-refractivity contribution >= 4 is 29.4 Å². The zero-order valence-corrected chi connectivity index (χ0v) is 10.7. The van der Waals surface area contributed by atoms with Crippen LogP contribution in [0, 0.1) is 15.9 Å². The summed E-state index contributed by atoms with van der Waals surface area (Å²) in [6.07, 6.45) is 0. The Morgan fingerprint density at radius 2 is 2.11 bits per heavy atom. The summed E-state index contributed by atoms with van der Waals surface area (Å²) in [5, 5.41) is 14.2. The average Bonchev–Trinajstić information content (AvgIpc) is 2.81. The molecule has 0 amide bonds. The minimum absolute atomic E-state index is 0. The Morgan fingerprint density at radius 3 is 2.67 bits per heavy atom. The molecule has 1 atom stereocenters. The highest BCUT2D eigenvalue weighted by atomic mass is 35.5. The third kappa shape index (κ3) is 2.84. The Bertz CT molecular complexity index is 548. The number of non-ortho nitro benzene ring substituents is 1. The summed E-state index contributed by atoms with van der Waals surface area (Å²) in [6.45, 7) is 0. The third-order valence-corrected chi connectivity index (χ3v) is 3.13. The molecule has 1 aromatic carbocycles. The number of benzene rings is 1. The minimum atomic E-state index is -0.679. The van der Waals surface area contributed by atoms with E-state index in [0.717, 1.165) is 17.7 Å². The highest BCUT2D eigenvalue weighted by Crippen LogP contribution is 2.27. The van der Waals surface area contributed by atoms with Gasteiger partial charge in [0.15, 0.2) is 0 Å². The third-order valence-electron chi connectivity index (χ3n) is 2.43. The number of nitrogens with zero attached hydrogens (tertiary/aromatic N) is 1. The maximum absolute atomic E-state index is 13.6. The largest absolute Gasteiger partial charge is 0.320 e. The molecule has 96 valence electrons. The fraction of sp³-hybridized carbons (Fsp3) is 0.0909. The lowest BCUT2D eigenvalue weighted by atomic mass is 10.0. The Morgan fingerprint density at radius 1 is 1.39 bits per heavy atom. The van der Waals surface area contributed by atoms with Gasteiger partial charge >= 0.3 is 0 Å². The number of thiophene rings is 1. The van der Waals surface area contributed by atoms with Gasteiger partial charge in [-0.1, -0.05) is 0 Å². The van der Waals surface area contributed by atoms with Gasteiger partial charge in [-0.05, 0) is 28.5 Å². The molecule has 0 aliphatic carbocycles. The molecule has 2 N–H and O–H groups in total. The van der Waals surface area contributed by atoms with Crippen LogP contribution in [0.15, 0.2) is 35.0 Å². The molecule has 0 saturated heterocycles. The lowest BCUT2D eigenvalue weighted by Gasteiger charge is -2.11. The maximum atomic E-state index is 13.6. The van der Waals surface area contributed by atoms with Crippen LogP contribution in [0.25, 0.3) is 0 Å². The normalized spacial score (nSPS) is 11.7. The van der Waals surface area contributed by atoms with Gasteiger partial charge in [0.25, 0.3) is 5.69 Å². The van der Waals surface area contributed by atoms with Crippen LogP contribution in [0.3, 0.4) is 0 Å². The SMILES string of the molecule is Cl.N[C@H](c1ccsc1)c1cc([N+](=O)[O-])ccc1F. The first kappa shape index (κ1) is 14.6. The van der Waals surface area contributed by atoms with Crippen LogP contribution in [-0.4, -0.2) is 4.92 Å². The number of hydrogen-bond donors (Lipinski definition) is 1. The molecule has 0 radical (unpaired) electrons. The van der Waals surface area contributed by atoms with E-state index < -0.39 is 16.8 Å². The standard InChI is InChI=1S/C11H9FN2O2S.ClH/c12-10-2-1-8(14(15)16)5-9(10)11(13)7-3-4-17-6-7;/h1-6,11H,13H2;1H/t11-;/m1./s1. The molecule has 0 unspecified atom stereocenters. The highest BCUT2D eigenvalue weighted by molar-refractivity contribution is 7.08. The second-order valence-corrected chi connectivity index (χ2v) is 4.28. The summed E-state index contributed by atoms with van der Waals surface area (Å²) in [4.78, 5) is 10.1. The van der Waals surface area contributed by atoms with Crippen molar-refractivity contribution in [3.8, 4) is 0 Å². The Hall–Kier alpha value is -1.50. The summed E-state index contributed by atoms with van der Waals surface area (Å²) in [7, 11) is 0. The molecule has 0 spiro atoms. The fourth-order valence-corrected chi connectivity index (χ4v) is 2.21. The Labute approximate surface area is 113 Å². The summed E-state index contributed by atoms with van der Waals surface area (Å²) < 4.78 is 13.6. The van der Waals surface area contributed by atoms with Crippen LogP contribution >= 0.6 is 23.7 Å². The molecule has 0 saturated carbocycles. The van der Waals surface area contributed by atoms with Gasteiger partial charge in [-0.2, -0.15) is 11.3 Å². The molecular weight excluding hydrogens is 279 g/mol. The number of nitro benzene ring substituents is 1. The van der Waals surface area contributed by atoms with Gasteiger partial charge in [0.2, 0.25) is 0 Å². The molecule has 18 heavy (non-hydrogen) atoms. The molecule has 1 heterocycles. The topological polar surface area (TPSA) is 69.2 Å². The van der Waals surface area contributed by atoms with Gasteiger partial charge in [0.05, 0.1) is 11.0 Å². The number of hydrogen-bond acceptors (Lipinski definition) is 4. The Kier molecular flexibility index (Phi) is 4.77. The molecular formula is C11H10ClFN2O2S. The van der Waals surface area contributed by atoms with Crippen molar-refractivity contribution < 1.29 is 9.31 Å². The van der Waals surface area contributed by atoms with Crippen molar-refractivity contribution in [2.75, 3.05) is 0 Å². The van der Waals surface area contributed by atoms with Gasteiger partial charge in [0, 0.05) is 17.7 Å². The van der Waals surface area contributed by atoms with Crippen LogP contribution < -0.4 is 5.73 Å². The van der Waals surface area contributed by atoms with E-state index in [0.29, 0.717) is 0 Å². The molecule has 7 heteroatoms. The van der Waals surface area contributed by atoms with Crippen LogP contribution in [-0.2, 0) is 0 Å². The zero-order valence-electron chi connectivity index (χ0n) is 9.08. The van der Waals surface area contributed by atoms with Crippen LogP contribution in [0.2, 0.25) is 0 Å². The van der Waals surface area contributed by atoms with Gasteiger partial charge in [-0.3, -0.25) is 10.1 Å². The minimum Gasteiger partial charge on any atom is -0.320 e. The molecule has 2 rings (SSSR count). The predicted molar refractivity (Wildman–Crippen MR) is 70.7 cm³/mol. The Balaban J connectivity index is 0.00000162. The summed E-state index contributed by atoms with van der Waals surface area (Å²) in [6, 6.07) is 4.46. The predicted octanol–water partition coefficient (Wildman–Crippen LogP) is 3.27. The van der Waals surface area contributed by atoms with Gasteiger partial charge in [-0.15, -0.1) is 12.4 Å². The molecule has 4 nitrogen and oxygen atoms in total. The van der Waals surface area contributed by atoms with Crippen LogP contribution in [0.4, 0.5) is 10.1 Å². The zero-order chi connectivity index (χ0) is 12.4. The van der Waals surface area contributed by atoms with Crippen molar-refractivity contribution in [3.63, 3.8) is 0 Å². The monoisotopic (exact) mass is 288 g/mol. The van der Waals surface area contributed by atoms with E-state index in [9.17, 15) is 14.5 Å². The second kappa shape index (κ2) is 5.90. The van der Waals surface area contributed by atoms with E-state index in [4.69, 9.17) is 5.73 Å². The number of nitrogens with two attached hydrogens (primary N) is 1. The van der Waals surface area contributed by atoms with Crippen molar-refractivity contribution in [1.29, 1.82) is 0 Å². The smallest absolute Gasteiger partial charge is 0.269 e. The van der Waals surface area contributed by atoms with E-state index in [1.54, 1.807) is 11.4 Å². The first-order valence-electron chi connectivity index (χ1n) is 4.81. The average molecular weight is 289 g/mol. The summed E-state index contributed by atoms with van der Waals surface area (Å²) >= 11 is 1.44. The van der Waals surface area contributed by atoms with E-state index >= 15 is 0 Å². The number of halogens is 2. The summed E-state index contributed by atoms with van der Waals surface area (Å²) in [5.41, 5.74) is 6.60. The van der Waals surface area contributed by atoms with E-state index in [-0.39, 0.29) is 23.7 Å². The molecule has 0 aliphatic heterocycles. The van der Waals surface area contributed by atoms with Crippen molar-refractivity contribution in [3.05, 3.63) is 62.1 Å². The van der Waals surface area contributed by atoms with Gasteiger partial charge < -0.3 is 5.73 Å². The lowest BCUT2D eigenvalue weighted by molar-refractivity contribution is -0.385.